The fourth-order valence-corrected chi connectivity index (χ4v) is 4.40. The summed E-state index contributed by atoms with van der Waals surface area (Å²) >= 11 is 0. The van der Waals surface area contributed by atoms with E-state index in [9.17, 15) is 9.59 Å². The number of hydrogen-bond donors (Lipinski definition) is 0. The van der Waals surface area contributed by atoms with E-state index in [-0.39, 0.29) is 24.7 Å². The van der Waals surface area contributed by atoms with Crippen LogP contribution in [0, 0.1) is 0 Å². The van der Waals surface area contributed by atoms with Crippen LogP contribution in [0.3, 0.4) is 0 Å². The maximum Gasteiger partial charge on any atom is 0.339 e. The van der Waals surface area contributed by atoms with Crippen LogP contribution in [0.2, 0.25) is 0 Å². The molecular weight excluding hydrogens is 464 g/mol. The van der Waals surface area contributed by atoms with Crippen molar-refractivity contribution in [2.75, 3.05) is 41.0 Å². The standard InChI is InChI=1S/C27H30N2O7/c1-16-13-29(14-17(2)36-16)25(30)15-35-27(31)20-12-22(28-21-9-7-6-8-19(20)21)18-10-23(32-3)26(34-5)24(11-18)33-4/h6-12,16-17H,13-15H2,1-5H3. The van der Waals surface area contributed by atoms with Gasteiger partial charge in [0.15, 0.2) is 18.1 Å². The third kappa shape index (κ3) is 5.21. The van der Waals surface area contributed by atoms with Crippen LogP contribution in [0.25, 0.3) is 22.2 Å². The first-order chi connectivity index (χ1) is 17.3. The lowest BCUT2D eigenvalue weighted by molar-refractivity contribution is -0.146. The molecule has 2 aromatic carbocycles. The zero-order valence-electron chi connectivity index (χ0n) is 21.1. The first-order valence-corrected chi connectivity index (χ1v) is 11.6. The van der Waals surface area contributed by atoms with Gasteiger partial charge in [-0.15, -0.1) is 0 Å². The Bertz CT molecular complexity index is 1240. The molecule has 190 valence electrons. The third-order valence-electron chi connectivity index (χ3n) is 6.00. The van der Waals surface area contributed by atoms with Crippen LogP contribution in [-0.4, -0.2) is 75.0 Å². The van der Waals surface area contributed by atoms with Crippen molar-refractivity contribution in [1.29, 1.82) is 0 Å². The zero-order chi connectivity index (χ0) is 25.8. The van der Waals surface area contributed by atoms with Gasteiger partial charge in [0, 0.05) is 24.0 Å². The zero-order valence-corrected chi connectivity index (χ0v) is 21.1. The van der Waals surface area contributed by atoms with Crippen LogP contribution < -0.4 is 14.2 Å². The highest BCUT2D eigenvalue weighted by molar-refractivity contribution is 6.05. The summed E-state index contributed by atoms with van der Waals surface area (Å²) in [6, 6.07) is 12.4. The van der Waals surface area contributed by atoms with Crippen molar-refractivity contribution < 1.29 is 33.3 Å². The molecule has 9 nitrogen and oxygen atoms in total. The first kappa shape index (κ1) is 25.2. The number of hydrogen-bond acceptors (Lipinski definition) is 8. The normalized spacial score (nSPS) is 17.5. The van der Waals surface area contributed by atoms with Gasteiger partial charge >= 0.3 is 5.97 Å². The number of rotatable bonds is 7. The largest absolute Gasteiger partial charge is 0.493 e. The first-order valence-electron chi connectivity index (χ1n) is 11.6. The van der Waals surface area contributed by atoms with Gasteiger partial charge in [-0.2, -0.15) is 0 Å². The van der Waals surface area contributed by atoms with E-state index in [0.29, 0.717) is 58.1 Å². The predicted molar refractivity (Wildman–Crippen MR) is 134 cm³/mol. The number of para-hydroxylation sites is 1. The molecule has 2 unspecified atom stereocenters. The monoisotopic (exact) mass is 494 g/mol. The van der Waals surface area contributed by atoms with Crippen molar-refractivity contribution in [3.8, 4) is 28.5 Å². The lowest BCUT2D eigenvalue weighted by Crippen LogP contribution is -2.49. The molecule has 1 aliphatic rings. The second-order valence-corrected chi connectivity index (χ2v) is 8.62. The lowest BCUT2D eigenvalue weighted by atomic mass is 10.0. The average molecular weight is 495 g/mol. The third-order valence-corrected chi connectivity index (χ3v) is 6.00. The van der Waals surface area contributed by atoms with Gasteiger partial charge in [0.25, 0.3) is 5.91 Å². The topological polar surface area (TPSA) is 96.4 Å². The molecule has 0 bridgehead atoms. The van der Waals surface area contributed by atoms with Crippen molar-refractivity contribution in [1.82, 2.24) is 9.88 Å². The Morgan fingerprint density at radius 2 is 1.61 bits per heavy atom. The van der Waals surface area contributed by atoms with Gasteiger partial charge in [0.2, 0.25) is 5.75 Å². The SMILES string of the molecule is COc1cc(-c2cc(C(=O)OCC(=O)N3CC(C)OC(C)C3)c3ccccc3n2)cc(OC)c1OC. The number of amides is 1. The van der Waals surface area contributed by atoms with E-state index >= 15 is 0 Å². The minimum absolute atomic E-state index is 0.0708. The summed E-state index contributed by atoms with van der Waals surface area (Å²) in [5.74, 6) is 0.518. The molecule has 1 aromatic heterocycles. The van der Waals surface area contributed by atoms with E-state index in [1.807, 2.05) is 32.0 Å². The highest BCUT2D eigenvalue weighted by atomic mass is 16.5. The number of benzene rings is 2. The minimum atomic E-state index is -0.606. The Morgan fingerprint density at radius 1 is 0.972 bits per heavy atom. The second-order valence-electron chi connectivity index (χ2n) is 8.62. The van der Waals surface area contributed by atoms with Crippen molar-refractivity contribution in [3.63, 3.8) is 0 Å². The van der Waals surface area contributed by atoms with E-state index in [2.05, 4.69) is 0 Å². The molecule has 36 heavy (non-hydrogen) atoms. The van der Waals surface area contributed by atoms with Crippen molar-refractivity contribution in [2.45, 2.75) is 26.1 Å². The molecule has 2 atom stereocenters. The van der Waals surface area contributed by atoms with Crippen molar-refractivity contribution >= 4 is 22.8 Å². The lowest BCUT2D eigenvalue weighted by Gasteiger charge is -2.35. The molecule has 0 spiro atoms. The quantitative estimate of drug-likeness (QED) is 0.459. The van der Waals surface area contributed by atoms with Crippen LogP contribution in [0.1, 0.15) is 24.2 Å². The predicted octanol–water partition coefficient (Wildman–Crippen LogP) is 3.72. The van der Waals surface area contributed by atoms with Crippen LogP contribution in [-0.2, 0) is 14.3 Å². The van der Waals surface area contributed by atoms with E-state index in [1.165, 1.54) is 21.3 Å². The average Bonchev–Trinajstić information content (AvgIpc) is 2.89. The van der Waals surface area contributed by atoms with E-state index in [4.69, 9.17) is 28.7 Å². The Kier molecular flexibility index (Phi) is 7.59. The molecule has 9 heteroatoms. The summed E-state index contributed by atoms with van der Waals surface area (Å²) in [4.78, 5) is 32.3. The van der Waals surface area contributed by atoms with Gasteiger partial charge in [-0.1, -0.05) is 18.2 Å². The molecule has 0 N–H and O–H groups in total. The summed E-state index contributed by atoms with van der Waals surface area (Å²) in [6.45, 7) is 4.40. The molecule has 3 aromatic rings. The molecule has 2 heterocycles. The maximum atomic E-state index is 13.2. The molecule has 0 radical (unpaired) electrons. The number of morpholine rings is 1. The fourth-order valence-electron chi connectivity index (χ4n) is 4.40. The van der Waals surface area contributed by atoms with Gasteiger partial charge in [-0.3, -0.25) is 4.79 Å². The Balaban J connectivity index is 1.65. The number of esters is 1. The van der Waals surface area contributed by atoms with Crippen LogP contribution >= 0.6 is 0 Å². The number of fused-ring (bicyclic) bond motifs is 1. The van der Waals surface area contributed by atoms with Crippen LogP contribution in [0.5, 0.6) is 17.2 Å². The Hall–Kier alpha value is -3.85. The summed E-state index contributed by atoms with van der Waals surface area (Å²) in [6.07, 6.45) is -0.142. The molecule has 1 fully saturated rings. The van der Waals surface area contributed by atoms with Gasteiger partial charge < -0.3 is 28.6 Å². The number of aromatic nitrogens is 1. The number of nitrogens with zero attached hydrogens (tertiary/aromatic N) is 2. The van der Waals surface area contributed by atoms with Crippen molar-refractivity contribution in [2.24, 2.45) is 0 Å². The van der Waals surface area contributed by atoms with Crippen LogP contribution in [0.4, 0.5) is 0 Å². The number of methoxy groups -OCH3 is 3. The second kappa shape index (κ2) is 10.8. The molecule has 1 saturated heterocycles. The number of carbonyl (C=O) groups excluding carboxylic acids is 2. The van der Waals surface area contributed by atoms with Gasteiger partial charge in [-0.25, -0.2) is 9.78 Å². The van der Waals surface area contributed by atoms with E-state index in [1.54, 1.807) is 29.2 Å². The minimum Gasteiger partial charge on any atom is -0.493 e. The fraction of sp³-hybridized carbons (Fsp3) is 0.370. The summed E-state index contributed by atoms with van der Waals surface area (Å²) < 4.78 is 27.5. The highest BCUT2D eigenvalue weighted by Gasteiger charge is 2.27. The number of ether oxygens (including phenoxy) is 5. The van der Waals surface area contributed by atoms with Crippen molar-refractivity contribution in [3.05, 3.63) is 48.0 Å². The smallest absolute Gasteiger partial charge is 0.339 e. The van der Waals surface area contributed by atoms with E-state index < -0.39 is 5.97 Å². The Labute approximate surface area is 209 Å². The summed E-state index contributed by atoms with van der Waals surface area (Å²) in [7, 11) is 4.59. The summed E-state index contributed by atoms with van der Waals surface area (Å²) in [5.41, 5.74) is 2.09. The number of carbonyl (C=O) groups is 2. The summed E-state index contributed by atoms with van der Waals surface area (Å²) in [5, 5.41) is 0.625. The highest BCUT2D eigenvalue weighted by Crippen LogP contribution is 2.41. The Morgan fingerprint density at radius 3 is 2.22 bits per heavy atom. The number of pyridine rings is 1. The van der Waals surface area contributed by atoms with E-state index in [0.717, 1.165) is 0 Å². The molecule has 0 aliphatic carbocycles. The van der Waals surface area contributed by atoms with Gasteiger partial charge in [0.05, 0.1) is 50.3 Å². The molecule has 1 aliphatic heterocycles. The molecule has 1 amide bonds. The van der Waals surface area contributed by atoms with Gasteiger partial charge in [0.1, 0.15) is 0 Å². The maximum absolute atomic E-state index is 13.2. The molecule has 4 rings (SSSR count). The molecule has 0 saturated carbocycles. The molecular formula is C27H30N2O7. The van der Waals surface area contributed by atoms with Gasteiger partial charge in [-0.05, 0) is 38.1 Å². The van der Waals surface area contributed by atoms with Crippen LogP contribution in [0.15, 0.2) is 42.5 Å².